The Kier molecular flexibility index (Phi) is 16.7. The van der Waals surface area contributed by atoms with E-state index < -0.39 is 16.6 Å². The molecule has 0 aromatic heterocycles. The van der Waals surface area contributed by atoms with Crippen molar-refractivity contribution < 1.29 is 14.3 Å². The van der Waals surface area contributed by atoms with Gasteiger partial charge in [-0.1, -0.05) is 106 Å². The fourth-order valence-corrected chi connectivity index (χ4v) is 5.30. The Labute approximate surface area is 258 Å². The number of ether oxygens (including phenoxy) is 2. The van der Waals surface area contributed by atoms with Gasteiger partial charge in [-0.15, -0.1) is 0 Å². The van der Waals surface area contributed by atoms with Crippen molar-refractivity contribution in [3.8, 4) is 0 Å². The standard InChI is InChI=1S/C38H61NO3/c1-14-30(35(12,18-5)19-6)25-27-33(17-4)42-38(23-10,24-11)34(40)37(21-8,22-9)31(15-2)26-28-32(16-3)41-36(13,20-7)29-39/h14-17,25-28H,1-4,18-24,29,39H2,5-13H3/b30-25+,31-26+,32-28+,33-27+. The number of Topliss-reactive ketones (excluding diaryl/α,β-unsaturated/α-hetero) is 1. The highest BCUT2D eigenvalue weighted by atomic mass is 16.5. The molecule has 0 aromatic rings. The molecule has 236 valence electrons. The van der Waals surface area contributed by atoms with E-state index in [9.17, 15) is 4.79 Å². The molecule has 2 N–H and O–H groups in total. The van der Waals surface area contributed by atoms with Crippen LogP contribution in [-0.2, 0) is 14.3 Å². The van der Waals surface area contributed by atoms with Crippen molar-refractivity contribution >= 4 is 5.78 Å². The highest BCUT2D eigenvalue weighted by Crippen LogP contribution is 2.44. The van der Waals surface area contributed by atoms with Crippen LogP contribution in [0.5, 0.6) is 0 Å². The Bertz CT molecular complexity index is 1040. The third kappa shape index (κ3) is 9.07. The largest absolute Gasteiger partial charge is 0.486 e. The minimum absolute atomic E-state index is 0.0103. The van der Waals surface area contributed by atoms with Crippen molar-refractivity contribution in [3.63, 3.8) is 0 Å². The van der Waals surface area contributed by atoms with Crippen LogP contribution in [-0.4, -0.2) is 23.5 Å². The molecule has 0 saturated carbocycles. The molecule has 0 amide bonds. The zero-order chi connectivity index (χ0) is 32.6. The predicted molar refractivity (Wildman–Crippen MR) is 183 cm³/mol. The quantitative estimate of drug-likeness (QED) is 0.102. The number of carbonyl (C=O) groups excluding carboxylic acids is 1. The van der Waals surface area contributed by atoms with Crippen LogP contribution in [0.2, 0.25) is 0 Å². The molecule has 1 atom stereocenters. The van der Waals surface area contributed by atoms with E-state index in [1.807, 2.05) is 71.9 Å². The lowest BCUT2D eigenvalue weighted by Crippen LogP contribution is -2.50. The zero-order valence-electron chi connectivity index (χ0n) is 28.4. The Morgan fingerprint density at radius 3 is 1.40 bits per heavy atom. The number of allylic oxidation sites excluding steroid dienone is 10. The van der Waals surface area contributed by atoms with E-state index in [1.165, 1.54) is 0 Å². The predicted octanol–water partition coefficient (Wildman–Crippen LogP) is 10.3. The molecule has 0 spiro atoms. The van der Waals surface area contributed by atoms with Gasteiger partial charge in [0.25, 0.3) is 0 Å². The van der Waals surface area contributed by atoms with E-state index in [2.05, 4.69) is 47.1 Å². The molecular weight excluding hydrogens is 518 g/mol. The summed E-state index contributed by atoms with van der Waals surface area (Å²) in [5.74, 6) is 1.20. The smallest absolute Gasteiger partial charge is 0.186 e. The summed E-state index contributed by atoms with van der Waals surface area (Å²) in [6.07, 6.45) is 19.8. The number of hydrogen-bond donors (Lipinski definition) is 1. The van der Waals surface area contributed by atoms with Crippen LogP contribution in [0.1, 0.15) is 107 Å². The second kappa shape index (κ2) is 18.0. The molecule has 4 nitrogen and oxygen atoms in total. The molecule has 0 aromatic carbocycles. The highest BCUT2D eigenvalue weighted by Gasteiger charge is 2.50. The van der Waals surface area contributed by atoms with Crippen molar-refractivity contribution in [2.45, 2.75) is 118 Å². The second-order valence-corrected chi connectivity index (χ2v) is 11.5. The van der Waals surface area contributed by atoms with Gasteiger partial charge in [0.15, 0.2) is 11.4 Å². The topological polar surface area (TPSA) is 61.5 Å². The maximum absolute atomic E-state index is 14.7. The molecule has 4 heteroatoms. The van der Waals surface area contributed by atoms with Crippen LogP contribution in [0.3, 0.4) is 0 Å². The number of ketones is 1. The summed E-state index contributed by atoms with van der Waals surface area (Å²) in [5, 5.41) is 0. The monoisotopic (exact) mass is 579 g/mol. The molecule has 0 rings (SSSR count). The number of hydrogen-bond acceptors (Lipinski definition) is 4. The Balaban J connectivity index is 6.94. The lowest BCUT2D eigenvalue weighted by Gasteiger charge is -2.41. The molecule has 0 radical (unpaired) electrons. The van der Waals surface area contributed by atoms with E-state index in [1.54, 1.807) is 18.2 Å². The molecule has 1 unspecified atom stereocenters. The molecule has 0 aliphatic heterocycles. The molecule has 0 bridgehead atoms. The van der Waals surface area contributed by atoms with E-state index in [4.69, 9.17) is 15.2 Å². The van der Waals surface area contributed by atoms with E-state index >= 15 is 0 Å². The van der Waals surface area contributed by atoms with Crippen molar-refractivity contribution in [2.75, 3.05) is 6.54 Å². The normalized spacial score (nSPS) is 15.5. The minimum Gasteiger partial charge on any atom is -0.486 e. The number of nitrogens with two attached hydrogens (primary N) is 1. The van der Waals surface area contributed by atoms with Gasteiger partial charge >= 0.3 is 0 Å². The zero-order valence-corrected chi connectivity index (χ0v) is 28.4. The van der Waals surface area contributed by atoms with Crippen LogP contribution in [0.4, 0.5) is 0 Å². The van der Waals surface area contributed by atoms with Gasteiger partial charge in [-0.3, -0.25) is 4.79 Å². The van der Waals surface area contributed by atoms with Crippen LogP contribution in [0.15, 0.2) is 97.6 Å². The van der Waals surface area contributed by atoms with Crippen molar-refractivity contribution in [3.05, 3.63) is 97.6 Å². The SMILES string of the molecule is C=C/C(=C\C=C(/C=C)C(CC)(CC)C(=O)C(CC)(CC)O/C(C=C)=C/C=C(\C=C)C(C)(CC)CC)OC(C)(CC)CN. The molecule has 0 saturated heterocycles. The van der Waals surface area contributed by atoms with Gasteiger partial charge in [-0.25, -0.2) is 0 Å². The Hall–Kier alpha value is -2.85. The summed E-state index contributed by atoms with van der Waals surface area (Å²) in [7, 11) is 0. The van der Waals surface area contributed by atoms with Gasteiger partial charge in [0.2, 0.25) is 0 Å². The van der Waals surface area contributed by atoms with Gasteiger partial charge in [-0.05, 0) is 92.7 Å². The summed E-state index contributed by atoms with van der Waals surface area (Å²) < 4.78 is 12.8. The lowest BCUT2D eigenvalue weighted by atomic mass is 9.65. The van der Waals surface area contributed by atoms with Gasteiger partial charge in [0.05, 0.1) is 5.41 Å². The summed E-state index contributed by atoms with van der Waals surface area (Å²) in [4.78, 5) is 14.7. The number of carbonyl (C=O) groups is 1. The van der Waals surface area contributed by atoms with Crippen LogP contribution < -0.4 is 5.73 Å². The van der Waals surface area contributed by atoms with E-state index in [0.717, 1.165) is 30.4 Å². The molecule has 0 fully saturated rings. The summed E-state index contributed by atoms with van der Waals surface area (Å²) in [5.41, 5.74) is 5.58. The third-order valence-corrected chi connectivity index (χ3v) is 9.56. The van der Waals surface area contributed by atoms with Crippen molar-refractivity contribution in [1.82, 2.24) is 0 Å². The average Bonchev–Trinajstić information content (AvgIpc) is 3.03. The van der Waals surface area contributed by atoms with Gasteiger partial charge in [-0.2, -0.15) is 0 Å². The van der Waals surface area contributed by atoms with Gasteiger partial charge in [0, 0.05) is 6.54 Å². The first-order valence-corrected chi connectivity index (χ1v) is 15.8. The first-order valence-electron chi connectivity index (χ1n) is 15.8. The van der Waals surface area contributed by atoms with Crippen LogP contribution >= 0.6 is 0 Å². The maximum atomic E-state index is 14.7. The van der Waals surface area contributed by atoms with E-state index in [0.29, 0.717) is 43.7 Å². The molecular formula is C38H61NO3. The second-order valence-electron chi connectivity index (χ2n) is 11.5. The summed E-state index contributed by atoms with van der Waals surface area (Å²) in [6, 6.07) is 0. The van der Waals surface area contributed by atoms with Gasteiger partial charge in [0.1, 0.15) is 17.1 Å². The molecule has 0 aliphatic carbocycles. The third-order valence-electron chi connectivity index (χ3n) is 9.56. The number of rotatable bonds is 22. The minimum atomic E-state index is -1.04. The first-order chi connectivity index (χ1) is 19.8. The summed E-state index contributed by atoms with van der Waals surface area (Å²) in [6.45, 7) is 35.2. The Morgan fingerprint density at radius 2 is 1.07 bits per heavy atom. The highest BCUT2D eigenvalue weighted by molar-refractivity contribution is 5.95. The fourth-order valence-electron chi connectivity index (χ4n) is 5.30. The molecule has 42 heavy (non-hydrogen) atoms. The summed E-state index contributed by atoms with van der Waals surface area (Å²) >= 11 is 0. The van der Waals surface area contributed by atoms with E-state index in [-0.39, 0.29) is 11.2 Å². The first kappa shape index (κ1) is 39.1. The maximum Gasteiger partial charge on any atom is 0.186 e. The average molecular weight is 580 g/mol. The van der Waals surface area contributed by atoms with Crippen LogP contribution in [0, 0.1) is 10.8 Å². The van der Waals surface area contributed by atoms with Crippen LogP contribution in [0.25, 0.3) is 0 Å². The molecule has 0 aliphatic rings. The Morgan fingerprint density at radius 1 is 0.619 bits per heavy atom. The lowest BCUT2D eigenvalue weighted by molar-refractivity contribution is -0.149. The van der Waals surface area contributed by atoms with Gasteiger partial charge < -0.3 is 15.2 Å². The molecule has 0 heterocycles. The van der Waals surface area contributed by atoms with Crippen molar-refractivity contribution in [2.24, 2.45) is 16.6 Å². The van der Waals surface area contributed by atoms with Crippen molar-refractivity contribution in [1.29, 1.82) is 0 Å². The fraction of sp³-hybridized carbons (Fsp3) is 0.553.